The zero-order chi connectivity index (χ0) is 15.9. The second-order valence-corrected chi connectivity index (χ2v) is 5.48. The van der Waals surface area contributed by atoms with Crippen LogP contribution in [0.1, 0.15) is 42.5 Å². The van der Waals surface area contributed by atoms with E-state index in [1.807, 2.05) is 38.1 Å². The van der Waals surface area contributed by atoms with Gasteiger partial charge in [-0.25, -0.2) is 4.39 Å². The van der Waals surface area contributed by atoms with E-state index in [1.165, 1.54) is 11.6 Å². The Morgan fingerprint density at radius 3 is 2.50 bits per heavy atom. The van der Waals surface area contributed by atoms with Gasteiger partial charge in [-0.1, -0.05) is 49.4 Å². The van der Waals surface area contributed by atoms with Crippen molar-refractivity contribution in [2.75, 3.05) is 0 Å². The van der Waals surface area contributed by atoms with Crippen molar-refractivity contribution in [3.05, 3.63) is 71.0 Å². The van der Waals surface area contributed by atoms with Gasteiger partial charge in [0.15, 0.2) is 0 Å². The maximum atomic E-state index is 13.6. The molecule has 0 heterocycles. The van der Waals surface area contributed by atoms with Gasteiger partial charge in [-0.05, 0) is 42.5 Å². The maximum absolute atomic E-state index is 13.6. The fourth-order valence-electron chi connectivity index (χ4n) is 2.59. The van der Waals surface area contributed by atoms with Gasteiger partial charge in [0.2, 0.25) is 5.91 Å². The fraction of sp³-hybridized carbons (Fsp3) is 0.316. The second kappa shape index (κ2) is 7.74. The lowest BCUT2D eigenvalue weighted by molar-refractivity contribution is -0.121. The van der Waals surface area contributed by atoms with Gasteiger partial charge in [0.25, 0.3) is 0 Å². The van der Waals surface area contributed by atoms with Gasteiger partial charge >= 0.3 is 0 Å². The van der Waals surface area contributed by atoms with Crippen LogP contribution in [0.15, 0.2) is 48.5 Å². The Bertz CT molecular complexity index is 639. The van der Waals surface area contributed by atoms with Crippen molar-refractivity contribution in [1.82, 2.24) is 5.32 Å². The Morgan fingerprint density at radius 1 is 1.14 bits per heavy atom. The number of hydrogen-bond acceptors (Lipinski definition) is 1. The van der Waals surface area contributed by atoms with Crippen LogP contribution in [0, 0.1) is 12.7 Å². The summed E-state index contributed by atoms with van der Waals surface area (Å²) < 4.78 is 13.6. The lowest BCUT2D eigenvalue weighted by Gasteiger charge is -2.19. The molecule has 0 aliphatic carbocycles. The number of amides is 1. The van der Waals surface area contributed by atoms with Crippen LogP contribution in [-0.2, 0) is 11.2 Å². The van der Waals surface area contributed by atoms with Crippen LogP contribution in [0.2, 0.25) is 0 Å². The molecule has 116 valence electrons. The number of benzene rings is 2. The minimum Gasteiger partial charge on any atom is -0.349 e. The highest BCUT2D eigenvalue weighted by molar-refractivity contribution is 5.76. The number of nitrogens with one attached hydrogen (secondary N) is 1. The van der Waals surface area contributed by atoms with Crippen molar-refractivity contribution in [2.45, 2.75) is 39.2 Å². The van der Waals surface area contributed by atoms with Gasteiger partial charge in [0.1, 0.15) is 5.82 Å². The molecule has 2 aromatic rings. The Kier molecular flexibility index (Phi) is 5.70. The number of carbonyl (C=O) groups is 1. The lowest BCUT2D eigenvalue weighted by atomic mass is 9.99. The summed E-state index contributed by atoms with van der Waals surface area (Å²) in [5, 5.41) is 3.05. The first-order valence-electron chi connectivity index (χ1n) is 7.70. The van der Waals surface area contributed by atoms with Crippen molar-refractivity contribution < 1.29 is 9.18 Å². The van der Waals surface area contributed by atoms with E-state index in [1.54, 1.807) is 18.2 Å². The van der Waals surface area contributed by atoms with E-state index in [2.05, 4.69) is 5.32 Å². The first-order chi connectivity index (χ1) is 10.6. The summed E-state index contributed by atoms with van der Waals surface area (Å²) in [5.74, 6) is -0.292. The largest absolute Gasteiger partial charge is 0.349 e. The first kappa shape index (κ1) is 16.2. The third kappa shape index (κ3) is 4.17. The molecule has 0 aliphatic heterocycles. The van der Waals surface area contributed by atoms with Gasteiger partial charge in [0, 0.05) is 6.42 Å². The minimum atomic E-state index is -0.249. The van der Waals surface area contributed by atoms with Gasteiger partial charge < -0.3 is 5.32 Å². The summed E-state index contributed by atoms with van der Waals surface area (Å²) >= 11 is 0. The maximum Gasteiger partial charge on any atom is 0.220 e. The number of hydrogen-bond donors (Lipinski definition) is 1. The molecule has 0 aliphatic rings. The Balaban J connectivity index is 1.96. The SMILES string of the molecule is CCC(NC(=O)CCc1ccccc1F)c1ccccc1C. The molecule has 1 unspecified atom stereocenters. The molecule has 2 rings (SSSR count). The molecule has 0 spiro atoms. The summed E-state index contributed by atoms with van der Waals surface area (Å²) in [6.45, 7) is 4.09. The Morgan fingerprint density at radius 2 is 1.82 bits per heavy atom. The Hall–Kier alpha value is -2.16. The second-order valence-electron chi connectivity index (χ2n) is 5.48. The molecule has 2 aromatic carbocycles. The topological polar surface area (TPSA) is 29.1 Å². The predicted molar refractivity (Wildman–Crippen MR) is 87.1 cm³/mol. The molecule has 0 saturated heterocycles. The highest BCUT2D eigenvalue weighted by Crippen LogP contribution is 2.20. The Labute approximate surface area is 131 Å². The summed E-state index contributed by atoms with van der Waals surface area (Å²) in [4.78, 5) is 12.1. The van der Waals surface area contributed by atoms with E-state index in [-0.39, 0.29) is 17.8 Å². The number of carbonyl (C=O) groups excluding carboxylic acids is 1. The molecular formula is C19H22FNO. The molecular weight excluding hydrogens is 277 g/mol. The van der Waals surface area contributed by atoms with Gasteiger partial charge in [0.05, 0.1) is 6.04 Å². The first-order valence-corrected chi connectivity index (χ1v) is 7.70. The minimum absolute atomic E-state index is 0.00863. The van der Waals surface area contributed by atoms with Crippen LogP contribution in [0.4, 0.5) is 4.39 Å². The van der Waals surface area contributed by atoms with E-state index in [0.717, 1.165) is 12.0 Å². The summed E-state index contributed by atoms with van der Waals surface area (Å²) in [7, 11) is 0. The number of halogens is 1. The molecule has 1 amide bonds. The van der Waals surface area contributed by atoms with Crippen LogP contribution in [0.5, 0.6) is 0 Å². The van der Waals surface area contributed by atoms with Crippen molar-refractivity contribution in [1.29, 1.82) is 0 Å². The van der Waals surface area contributed by atoms with Gasteiger partial charge in [-0.2, -0.15) is 0 Å². The standard InChI is InChI=1S/C19H22FNO/c1-3-18(16-10-6-4-8-14(16)2)21-19(22)13-12-15-9-5-7-11-17(15)20/h4-11,18H,3,12-13H2,1-2H3,(H,21,22). The van der Waals surface area contributed by atoms with Gasteiger partial charge in [-0.3, -0.25) is 4.79 Å². The smallest absolute Gasteiger partial charge is 0.220 e. The number of rotatable bonds is 6. The van der Waals surface area contributed by atoms with E-state index in [4.69, 9.17) is 0 Å². The van der Waals surface area contributed by atoms with Crippen LogP contribution in [0.3, 0.4) is 0 Å². The normalized spacial score (nSPS) is 12.0. The lowest BCUT2D eigenvalue weighted by Crippen LogP contribution is -2.28. The van der Waals surface area contributed by atoms with Crippen LogP contribution >= 0.6 is 0 Å². The molecule has 22 heavy (non-hydrogen) atoms. The highest BCUT2D eigenvalue weighted by atomic mass is 19.1. The molecule has 0 radical (unpaired) electrons. The van der Waals surface area contributed by atoms with Crippen molar-refractivity contribution in [3.8, 4) is 0 Å². The highest BCUT2D eigenvalue weighted by Gasteiger charge is 2.14. The van der Waals surface area contributed by atoms with Crippen LogP contribution in [0.25, 0.3) is 0 Å². The summed E-state index contributed by atoms with van der Waals surface area (Å²) in [5.41, 5.74) is 2.90. The fourth-order valence-corrected chi connectivity index (χ4v) is 2.59. The molecule has 1 N–H and O–H groups in total. The summed E-state index contributed by atoms with van der Waals surface area (Å²) in [6.07, 6.45) is 1.54. The van der Waals surface area contributed by atoms with E-state index >= 15 is 0 Å². The molecule has 0 bridgehead atoms. The average Bonchev–Trinajstić information content (AvgIpc) is 2.52. The molecule has 0 saturated carbocycles. The molecule has 0 aromatic heterocycles. The van der Waals surface area contributed by atoms with Gasteiger partial charge in [-0.15, -0.1) is 0 Å². The molecule has 0 fully saturated rings. The van der Waals surface area contributed by atoms with Crippen molar-refractivity contribution >= 4 is 5.91 Å². The molecule has 1 atom stereocenters. The zero-order valence-corrected chi connectivity index (χ0v) is 13.1. The van der Waals surface area contributed by atoms with E-state index in [9.17, 15) is 9.18 Å². The van der Waals surface area contributed by atoms with E-state index < -0.39 is 0 Å². The molecule has 2 nitrogen and oxygen atoms in total. The third-order valence-corrected chi connectivity index (χ3v) is 3.89. The van der Waals surface area contributed by atoms with Crippen molar-refractivity contribution in [2.24, 2.45) is 0 Å². The van der Waals surface area contributed by atoms with Crippen LogP contribution in [-0.4, -0.2) is 5.91 Å². The number of aryl methyl sites for hydroxylation is 2. The zero-order valence-electron chi connectivity index (χ0n) is 13.1. The summed E-state index contributed by atoms with van der Waals surface area (Å²) in [6, 6.07) is 14.7. The van der Waals surface area contributed by atoms with Crippen LogP contribution < -0.4 is 5.32 Å². The third-order valence-electron chi connectivity index (χ3n) is 3.89. The van der Waals surface area contributed by atoms with Crippen molar-refractivity contribution in [3.63, 3.8) is 0 Å². The predicted octanol–water partition coefficient (Wildman–Crippen LogP) is 4.33. The monoisotopic (exact) mass is 299 g/mol. The average molecular weight is 299 g/mol. The molecule has 3 heteroatoms. The van der Waals surface area contributed by atoms with E-state index in [0.29, 0.717) is 18.4 Å². The quantitative estimate of drug-likeness (QED) is 0.845.